The van der Waals surface area contributed by atoms with Crippen molar-refractivity contribution in [1.29, 1.82) is 0 Å². The van der Waals surface area contributed by atoms with Crippen LogP contribution in [0.3, 0.4) is 0 Å². The minimum Gasteiger partial charge on any atom is -0.357 e. The monoisotopic (exact) mass is 569 g/mol. The summed E-state index contributed by atoms with van der Waals surface area (Å²) in [6, 6.07) is 0. The molecule has 4 atom stereocenters. The van der Waals surface area contributed by atoms with Crippen LogP contribution in [0.15, 0.2) is 22.5 Å². The Hall–Kier alpha value is -1.70. The van der Waals surface area contributed by atoms with Crippen LogP contribution < -0.4 is 10.6 Å². The Morgan fingerprint density at radius 3 is 2.42 bits per heavy atom. The second kappa shape index (κ2) is 9.43. The zero-order valence-electron chi connectivity index (χ0n) is 16.7. The number of amides is 2. The molecular weight excluding hydrogens is 546 g/mol. The second-order valence-corrected chi connectivity index (χ2v) is 8.52. The number of alkyl halides is 3. The topological polar surface area (TPSA) is 86.7 Å². The number of aliphatic imine (C=N–C) groups is 1. The minimum atomic E-state index is -4.47. The van der Waals surface area contributed by atoms with Crippen molar-refractivity contribution in [3.05, 3.63) is 28.2 Å². The van der Waals surface area contributed by atoms with E-state index in [1.54, 1.807) is 0 Å². The number of rotatable bonds is 6. The molecule has 1 saturated heterocycles. The van der Waals surface area contributed by atoms with Crippen LogP contribution in [0.5, 0.6) is 0 Å². The van der Waals surface area contributed by atoms with Gasteiger partial charge in [0.25, 0.3) is 0 Å². The van der Waals surface area contributed by atoms with Gasteiger partial charge in [-0.05, 0) is 25.2 Å². The SMILES string of the molecule is CCNC(=NCc1nc(C(F)(F)F)cs1)NCCN1C(=O)C2C3C=CC(C3)C2C1=O.I. The van der Waals surface area contributed by atoms with Crippen LogP contribution in [0, 0.1) is 23.7 Å². The molecule has 1 aromatic rings. The van der Waals surface area contributed by atoms with Crippen LogP contribution in [-0.4, -0.2) is 47.3 Å². The highest BCUT2D eigenvalue weighted by Gasteiger charge is 2.58. The maximum Gasteiger partial charge on any atom is 0.434 e. The molecule has 0 radical (unpaired) electrons. The van der Waals surface area contributed by atoms with Crippen LogP contribution in [0.2, 0.25) is 0 Å². The number of nitrogens with one attached hydrogen (secondary N) is 2. The Kier molecular flexibility index (Phi) is 7.28. The van der Waals surface area contributed by atoms with Gasteiger partial charge in [0.1, 0.15) is 5.01 Å². The molecule has 1 saturated carbocycles. The molecule has 2 N–H and O–H groups in total. The number of allylic oxidation sites excluding steroid dienone is 2. The average Bonchev–Trinajstić information content (AvgIpc) is 3.45. The summed E-state index contributed by atoms with van der Waals surface area (Å²) in [4.78, 5) is 34.5. The normalized spacial score (nSPS) is 27.0. The minimum absolute atomic E-state index is 0. The van der Waals surface area contributed by atoms with Crippen LogP contribution in [0.25, 0.3) is 0 Å². The average molecular weight is 569 g/mol. The van der Waals surface area contributed by atoms with Gasteiger partial charge >= 0.3 is 6.18 Å². The largest absolute Gasteiger partial charge is 0.434 e. The summed E-state index contributed by atoms with van der Waals surface area (Å²) in [5.41, 5.74) is -0.921. The third-order valence-corrected chi connectivity index (χ3v) is 6.58. The summed E-state index contributed by atoms with van der Waals surface area (Å²) in [6.45, 7) is 2.94. The maximum atomic E-state index is 12.7. The summed E-state index contributed by atoms with van der Waals surface area (Å²) in [7, 11) is 0. The van der Waals surface area contributed by atoms with Crippen molar-refractivity contribution in [2.24, 2.45) is 28.7 Å². The number of imide groups is 1. The van der Waals surface area contributed by atoms with E-state index in [-0.39, 0.29) is 77.6 Å². The van der Waals surface area contributed by atoms with Gasteiger partial charge < -0.3 is 10.6 Å². The number of aromatic nitrogens is 1. The Morgan fingerprint density at radius 2 is 1.87 bits per heavy atom. The van der Waals surface area contributed by atoms with Gasteiger partial charge in [-0.1, -0.05) is 12.2 Å². The van der Waals surface area contributed by atoms with Gasteiger partial charge in [0.2, 0.25) is 11.8 Å². The van der Waals surface area contributed by atoms with Gasteiger partial charge in [-0.25, -0.2) is 9.98 Å². The number of hydrogen-bond donors (Lipinski definition) is 2. The summed E-state index contributed by atoms with van der Waals surface area (Å²) in [5, 5.41) is 7.25. The first-order valence-corrected chi connectivity index (χ1v) is 10.7. The van der Waals surface area contributed by atoms with Gasteiger partial charge in [0.15, 0.2) is 11.7 Å². The fraction of sp³-hybridized carbons (Fsp3) is 0.579. The number of thiazole rings is 1. The molecule has 12 heteroatoms. The van der Waals surface area contributed by atoms with E-state index >= 15 is 0 Å². The van der Waals surface area contributed by atoms with Gasteiger partial charge in [-0.3, -0.25) is 14.5 Å². The summed E-state index contributed by atoms with van der Waals surface area (Å²) < 4.78 is 38.0. The molecule has 7 nitrogen and oxygen atoms in total. The Labute approximate surface area is 198 Å². The third kappa shape index (κ3) is 4.73. The number of nitrogens with zero attached hydrogens (tertiary/aromatic N) is 3. The number of carbonyl (C=O) groups excluding carboxylic acids is 2. The van der Waals surface area contributed by atoms with Gasteiger partial charge in [0, 0.05) is 25.0 Å². The van der Waals surface area contributed by atoms with E-state index in [0.717, 1.165) is 23.1 Å². The predicted octanol–water partition coefficient (Wildman–Crippen LogP) is 2.64. The highest BCUT2D eigenvalue weighted by atomic mass is 127. The maximum absolute atomic E-state index is 12.7. The van der Waals surface area contributed by atoms with E-state index in [1.807, 2.05) is 6.92 Å². The van der Waals surface area contributed by atoms with E-state index in [9.17, 15) is 22.8 Å². The number of carbonyl (C=O) groups is 2. The van der Waals surface area contributed by atoms with Crippen molar-refractivity contribution < 1.29 is 22.8 Å². The lowest BCUT2D eigenvalue weighted by Crippen LogP contribution is -2.43. The molecule has 31 heavy (non-hydrogen) atoms. The number of hydrogen-bond acceptors (Lipinski definition) is 5. The van der Waals surface area contributed by atoms with E-state index in [2.05, 4.69) is 32.8 Å². The Balaban J connectivity index is 0.00000272. The highest BCUT2D eigenvalue weighted by Crippen LogP contribution is 2.52. The standard InChI is InChI=1S/C19H22F3N5O2S.HI/c1-2-23-18(25-8-13-26-12(9-30-13)19(20,21)22)24-5-6-27-16(28)14-10-3-4-11(7-10)15(14)17(27)29;/h3-4,9-11,14-15H,2,5-8H2,1H3,(H2,23,24,25);1H. The molecule has 1 aromatic heterocycles. The lowest BCUT2D eigenvalue weighted by Gasteiger charge is -2.18. The lowest BCUT2D eigenvalue weighted by atomic mass is 9.85. The molecular formula is C19H23F3IN5O2S. The summed E-state index contributed by atoms with van der Waals surface area (Å²) in [6.07, 6.45) is 0.529. The summed E-state index contributed by atoms with van der Waals surface area (Å²) in [5.74, 6) is 0.0917. The number of guanidine groups is 1. The van der Waals surface area contributed by atoms with Crippen LogP contribution in [0.4, 0.5) is 13.2 Å². The summed E-state index contributed by atoms with van der Waals surface area (Å²) >= 11 is 0.900. The van der Waals surface area contributed by atoms with E-state index in [1.165, 1.54) is 4.90 Å². The fourth-order valence-corrected chi connectivity index (χ4v) is 5.20. The fourth-order valence-electron chi connectivity index (χ4n) is 4.47. The molecule has 4 unspecified atom stereocenters. The van der Waals surface area contributed by atoms with Gasteiger partial charge in [0.05, 0.1) is 18.4 Å². The quantitative estimate of drug-likeness (QED) is 0.181. The van der Waals surface area contributed by atoms with Crippen LogP contribution in [-0.2, 0) is 22.3 Å². The number of fused-ring (bicyclic) bond motifs is 5. The molecule has 4 rings (SSSR count). The van der Waals surface area contributed by atoms with E-state index in [4.69, 9.17) is 0 Å². The predicted molar refractivity (Wildman–Crippen MR) is 120 cm³/mol. The van der Waals surface area contributed by atoms with E-state index in [0.29, 0.717) is 19.0 Å². The van der Waals surface area contributed by atoms with Crippen molar-refractivity contribution in [3.8, 4) is 0 Å². The number of likely N-dealkylation sites (tertiary alicyclic amines) is 1. The van der Waals surface area contributed by atoms with Crippen molar-refractivity contribution in [3.63, 3.8) is 0 Å². The van der Waals surface area contributed by atoms with Crippen molar-refractivity contribution in [2.75, 3.05) is 19.6 Å². The molecule has 2 bridgehead atoms. The van der Waals surface area contributed by atoms with Crippen molar-refractivity contribution >= 4 is 53.1 Å². The Bertz CT molecular complexity index is 873. The van der Waals surface area contributed by atoms with Gasteiger partial charge in [-0.2, -0.15) is 13.2 Å². The first-order chi connectivity index (χ1) is 14.3. The second-order valence-electron chi connectivity index (χ2n) is 7.57. The third-order valence-electron chi connectivity index (χ3n) is 5.75. The van der Waals surface area contributed by atoms with Crippen LogP contribution >= 0.6 is 35.3 Å². The zero-order valence-corrected chi connectivity index (χ0v) is 19.8. The zero-order chi connectivity index (χ0) is 21.5. The molecule has 1 aliphatic heterocycles. The van der Waals surface area contributed by atoms with Gasteiger partial charge in [-0.15, -0.1) is 35.3 Å². The Morgan fingerprint density at radius 1 is 1.23 bits per heavy atom. The molecule has 3 aliphatic rings. The smallest absolute Gasteiger partial charge is 0.357 e. The molecule has 0 spiro atoms. The highest BCUT2D eigenvalue weighted by molar-refractivity contribution is 14.0. The molecule has 2 amide bonds. The van der Waals surface area contributed by atoms with Crippen molar-refractivity contribution in [2.45, 2.75) is 26.1 Å². The molecule has 170 valence electrons. The van der Waals surface area contributed by atoms with Crippen LogP contribution in [0.1, 0.15) is 24.0 Å². The van der Waals surface area contributed by atoms with Crippen molar-refractivity contribution in [1.82, 2.24) is 20.5 Å². The molecule has 2 fully saturated rings. The van der Waals surface area contributed by atoms with E-state index < -0.39 is 11.9 Å². The molecule has 2 aliphatic carbocycles. The first-order valence-electron chi connectivity index (χ1n) is 9.87. The molecule has 0 aromatic carbocycles. The number of halogens is 4. The lowest BCUT2D eigenvalue weighted by molar-refractivity contribution is -0.141. The molecule has 2 heterocycles. The first kappa shape index (κ1) is 24.0.